The van der Waals surface area contributed by atoms with Crippen molar-refractivity contribution in [3.8, 4) is 0 Å². The topological polar surface area (TPSA) is 18.5 Å². The fraction of sp³-hybridized carbons (Fsp3) is 1.00. The van der Waals surface area contributed by atoms with E-state index in [1.165, 1.54) is 38.5 Å². The molecule has 0 bridgehead atoms. The third-order valence-corrected chi connectivity index (χ3v) is 3.60. The SMILES string of the molecule is CCCCCCCCP(OC)OC. The average Bonchev–Trinajstić information content (AvgIpc) is 2.17. The zero-order valence-electron chi connectivity index (χ0n) is 9.21. The van der Waals surface area contributed by atoms with E-state index in [1.807, 2.05) is 0 Å². The number of unbranched alkanes of at least 4 members (excludes halogenated alkanes) is 5. The Bertz CT molecular complexity index is 94.9. The van der Waals surface area contributed by atoms with Gasteiger partial charge < -0.3 is 9.05 Å². The zero-order chi connectivity index (χ0) is 9.94. The lowest BCUT2D eigenvalue weighted by atomic mass is 10.1. The van der Waals surface area contributed by atoms with Crippen LogP contribution in [-0.2, 0) is 9.05 Å². The molecule has 0 radical (unpaired) electrons. The first-order chi connectivity index (χ1) is 6.35. The van der Waals surface area contributed by atoms with Gasteiger partial charge in [0.2, 0.25) is 0 Å². The lowest BCUT2D eigenvalue weighted by Crippen LogP contribution is -1.89. The van der Waals surface area contributed by atoms with Crippen molar-refractivity contribution in [2.75, 3.05) is 20.4 Å². The molecule has 3 heteroatoms. The van der Waals surface area contributed by atoms with Gasteiger partial charge in [-0.15, -0.1) is 0 Å². The standard InChI is InChI=1S/C10H23O2P/c1-4-5-6-7-8-9-10-13(11-2)12-3/h4-10H2,1-3H3. The van der Waals surface area contributed by atoms with Crippen LogP contribution in [0.1, 0.15) is 45.4 Å². The largest absolute Gasteiger partial charge is 0.337 e. The minimum Gasteiger partial charge on any atom is -0.337 e. The minimum atomic E-state index is -0.581. The maximum Gasteiger partial charge on any atom is 0.169 e. The summed E-state index contributed by atoms with van der Waals surface area (Å²) in [5, 5.41) is 0. The van der Waals surface area contributed by atoms with Crippen LogP contribution in [0.5, 0.6) is 0 Å². The van der Waals surface area contributed by atoms with E-state index >= 15 is 0 Å². The van der Waals surface area contributed by atoms with Gasteiger partial charge in [-0.1, -0.05) is 39.0 Å². The Hall–Kier alpha value is 0.350. The number of hydrogen-bond donors (Lipinski definition) is 0. The fourth-order valence-electron chi connectivity index (χ4n) is 1.28. The van der Waals surface area contributed by atoms with E-state index in [9.17, 15) is 0 Å². The highest BCUT2D eigenvalue weighted by molar-refractivity contribution is 7.47. The maximum absolute atomic E-state index is 5.17. The van der Waals surface area contributed by atoms with E-state index in [4.69, 9.17) is 9.05 Å². The third kappa shape index (κ3) is 8.67. The molecule has 0 aromatic rings. The van der Waals surface area contributed by atoms with Gasteiger partial charge in [0.15, 0.2) is 8.38 Å². The molecule has 0 aliphatic carbocycles. The first kappa shape index (κ1) is 13.4. The molecular formula is C10H23O2P. The summed E-state index contributed by atoms with van der Waals surface area (Å²) in [4.78, 5) is 0. The van der Waals surface area contributed by atoms with Crippen LogP contribution in [0.2, 0.25) is 0 Å². The summed E-state index contributed by atoms with van der Waals surface area (Å²) in [5.41, 5.74) is 0. The Morgan fingerprint density at radius 1 is 0.846 bits per heavy atom. The Balaban J connectivity index is 3.05. The summed E-state index contributed by atoms with van der Waals surface area (Å²) >= 11 is 0. The maximum atomic E-state index is 5.17. The van der Waals surface area contributed by atoms with E-state index in [0.29, 0.717) is 0 Å². The van der Waals surface area contributed by atoms with E-state index in [1.54, 1.807) is 14.2 Å². The van der Waals surface area contributed by atoms with Crippen LogP contribution in [0.4, 0.5) is 0 Å². The van der Waals surface area contributed by atoms with E-state index in [0.717, 1.165) is 6.16 Å². The first-order valence-corrected chi connectivity index (χ1v) is 6.57. The van der Waals surface area contributed by atoms with Crippen molar-refractivity contribution < 1.29 is 9.05 Å². The number of hydrogen-bond acceptors (Lipinski definition) is 2. The molecular weight excluding hydrogens is 183 g/mol. The van der Waals surface area contributed by atoms with Crippen LogP contribution < -0.4 is 0 Å². The smallest absolute Gasteiger partial charge is 0.169 e. The molecule has 0 spiro atoms. The second-order valence-corrected chi connectivity index (χ2v) is 5.03. The molecule has 0 aliphatic rings. The normalized spacial score (nSPS) is 11.1. The highest BCUT2D eigenvalue weighted by Crippen LogP contribution is 2.36. The van der Waals surface area contributed by atoms with E-state index in [-0.39, 0.29) is 0 Å². The van der Waals surface area contributed by atoms with Crippen LogP contribution >= 0.6 is 8.38 Å². The number of rotatable bonds is 9. The predicted molar refractivity (Wildman–Crippen MR) is 59.2 cm³/mol. The molecule has 0 rings (SSSR count). The van der Waals surface area contributed by atoms with Crippen molar-refractivity contribution in [2.24, 2.45) is 0 Å². The van der Waals surface area contributed by atoms with Gasteiger partial charge >= 0.3 is 0 Å². The second-order valence-electron chi connectivity index (χ2n) is 3.19. The molecule has 80 valence electrons. The molecule has 0 saturated heterocycles. The summed E-state index contributed by atoms with van der Waals surface area (Å²) in [6.45, 7) is 2.25. The van der Waals surface area contributed by atoms with Gasteiger partial charge in [-0.2, -0.15) is 0 Å². The van der Waals surface area contributed by atoms with Gasteiger partial charge in [0, 0.05) is 20.4 Å². The van der Waals surface area contributed by atoms with Crippen LogP contribution in [0.25, 0.3) is 0 Å². The Morgan fingerprint density at radius 3 is 1.92 bits per heavy atom. The fourth-order valence-corrected chi connectivity index (χ4v) is 2.27. The molecule has 0 aromatic carbocycles. The molecule has 0 heterocycles. The summed E-state index contributed by atoms with van der Waals surface area (Å²) in [5.74, 6) is 0. The Labute approximate surface area is 83.9 Å². The van der Waals surface area contributed by atoms with E-state index in [2.05, 4.69) is 6.92 Å². The van der Waals surface area contributed by atoms with Crippen LogP contribution in [0.15, 0.2) is 0 Å². The summed E-state index contributed by atoms with van der Waals surface area (Å²) in [7, 11) is 2.88. The summed E-state index contributed by atoms with van der Waals surface area (Å²) in [6, 6.07) is 0. The van der Waals surface area contributed by atoms with Gasteiger partial charge in [0.25, 0.3) is 0 Å². The lowest BCUT2D eigenvalue weighted by molar-refractivity contribution is 0.339. The highest BCUT2D eigenvalue weighted by atomic mass is 31.2. The van der Waals surface area contributed by atoms with Crippen molar-refractivity contribution in [1.29, 1.82) is 0 Å². The minimum absolute atomic E-state index is 0.581. The van der Waals surface area contributed by atoms with Crippen LogP contribution in [-0.4, -0.2) is 20.4 Å². The van der Waals surface area contributed by atoms with Crippen molar-refractivity contribution in [3.63, 3.8) is 0 Å². The first-order valence-electron chi connectivity index (χ1n) is 5.20. The molecule has 0 aromatic heterocycles. The Kier molecular flexibility index (Phi) is 10.7. The van der Waals surface area contributed by atoms with Crippen molar-refractivity contribution in [1.82, 2.24) is 0 Å². The van der Waals surface area contributed by atoms with Crippen LogP contribution in [0.3, 0.4) is 0 Å². The predicted octanol–water partition coefficient (Wildman–Crippen LogP) is 3.95. The molecule has 0 unspecified atom stereocenters. The van der Waals surface area contributed by atoms with Gasteiger partial charge in [-0.25, -0.2) is 0 Å². The molecule has 0 N–H and O–H groups in total. The van der Waals surface area contributed by atoms with E-state index < -0.39 is 8.38 Å². The Morgan fingerprint density at radius 2 is 1.38 bits per heavy atom. The molecule has 0 aliphatic heterocycles. The van der Waals surface area contributed by atoms with Gasteiger partial charge in [0.05, 0.1) is 0 Å². The van der Waals surface area contributed by atoms with Crippen molar-refractivity contribution in [3.05, 3.63) is 0 Å². The highest BCUT2D eigenvalue weighted by Gasteiger charge is 2.04. The summed E-state index contributed by atoms with van der Waals surface area (Å²) < 4.78 is 10.3. The molecule has 0 atom stereocenters. The average molecular weight is 206 g/mol. The third-order valence-electron chi connectivity index (χ3n) is 2.10. The quantitative estimate of drug-likeness (QED) is 0.420. The summed E-state index contributed by atoms with van der Waals surface area (Å²) in [6.07, 6.45) is 9.11. The molecule has 0 saturated carbocycles. The van der Waals surface area contributed by atoms with Crippen LogP contribution in [0, 0.1) is 0 Å². The molecule has 0 fully saturated rings. The second kappa shape index (κ2) is 10.4. The van der Waals surface area contributed by atoms with Crippen molar-refractivity contribution >= 4 is 8.38 Å². The zero-order valence-corrected chi connectivity index (χ0v) is 10.1. The van der Waals surface area contributed by atoms with Gasteiger partial charge in [-0.05, 0) is 6.42 Å². The van der Waals surface area contributed by atoms with Crippen molar-refractivity contribution in [2.45, 2.75) is 45.4 Å². The van der Waals surface area contributed by atoms with Gasteiger partial charge in [0.1, 0.15) is 0 Å². The lowest BCUT2D eigenvalue weighted by Gasteiger charge is -2.11. The molecule has 2 nitrogen and oxygen atoms in total. The molecule has 0 amide bonds. The van der Waals surface area contributed by atoms with Gasteiger partial charge in [-0.3, -0.25) is 0 Å². The monoisotopic (exact) mass is 206 g/mol. The molecule has 13 heavy (non-hydrogen) atoms.